The minimum atomic E-state index is -3.66. The number of unbranched alkanes of at least 4 members (excludes halogenated alkanes) is 1. The Bertz CT molecular complexity index is 1100. The van der Waals surface area contributed by atoms with E-state index in [0.29, 0.717) is 17.5 Å². The predicted molar refractivity (Wildman–Crippen MR) is 114 cm³/mol. The van der Waals surface area contributed by atoms with Gasteiger partial charge in [0, 0.05) is 5.56 Å². The summed E-state index contributed by atoms with van der Waals surface area (Å²) in [5.41, 5.74) is 1.90. The molecule has 0 fully saturated rings. The largest absolute Gasteiger partial charge is 0.348 e. The van der Waals surface area contributed by atoms with Gasteiger partial charge in [-0.1, -0.05) is 44.0 Å². The fourth-order valence-corrected chi connectivity index (χ4v) is 4.52. The highest BCUT2D eigenvalue weighted by atomic mass is 32.2. The number of nitrogens with zero attached hydrogens (tertiary/aromatic N) is 2. The number of benzene rings is 2. The molecular formula is C22H24N4O3S. The highest BCUT2D eigenvalue weighted by molar-refractivity contribution is 7.90. The first-order valence-corrected chi connectivity index (χ1v) is 11.3. The maximum atomic E-state index is 13.0. The molecular weight excluding hydrogens is 400 g/mol. The molecule has 0 saturated carbocycles. The van der Waals surface area contributed by atoms with Gasteiger partial charge in [0.05, 0.1) is 22.6 Å². The smallest absolute Gasteiger partial charge is 0.263 e. The van der Waals surface area contributed by atoms with Crippen molar-refractivity contribution in [1.82, 2.24) is 10.0 Å². The molecule has 2 aromatic rings. The lowest BCUT2D eigenvalue weighted by Crippen LogP contribution is -2.37. The molecule has 0 aliphatic carbocycles. The van der Waals surface area contributed by atoms with Crippen LogP contribution in [0.3, 0.4) is 0 Å². The number of sulfonamides is 1. The van der Waals surface area contributed by atoms with Gasteiger partial charge in [-0.2, -0.15) is 5.26 Å². The van der Waals surface area contributed by atoms with Crippen molar-refractivity contribution < 1.29 is 13.2 Å². The summed E-state index contributed by atoms with van der Waals surface area (Å²) >= 11 is 0. The van der Waals surface area contributed by atoms with Crippen LogP contribution in [-0.4, -0.2) is 26.2 Å². The Balaban J connectivity index is 1.83. The van der Waals surface area contributed by atoms with Crippen LogP contribution in [0.15, 0.2) is 58.4 Å². The number of hydrogen-bond acceptors (Lipinski definition) is 5. The zero-order chi connectivity index (χ0) is 21.7. The number of rotatable bonds is 7. The number of nitriles is 1. The number of hydrogen-bond donors (Lipinski definition) is 2. The van der Waals surface area contributed by atoms with E-state index in [-0.39, 0.29) is 22.7 Å². The summed E-state index contributed by atoms with van der Waals surface area (Å²) in [7, 11) is -3.66. The molecule has 7 nitrogen and oxygen atoms in total. The molecule has 0 radical (unpaired) electrons. The SMILES string of the molecule is CCCCC(N=C1NS(=O)(=O)c2ccccc21)C(=O)NC(C)c1ccc(C#N)cc1. The lowest BCUT2D eigenvalue weighted by atomic mass is 10.0. The van der Waals surface area contributed by atoms with E-state index in [0.717, 1.165) is 18.4 Å². The number of carbonyl (C=O) groups is 1. The van der Waals surface area contributed by atoms with E-state index < -0.39 is 16.1 Å². The maximum Gasteiger partial charge on any atom is 0.263 e. The second kappa shape index (κ2) is 9.09. The first-order chi connectivity index (χ1) is 14.4. The number of aliphatic imine (C=N–C) groups is 1. The van der Waals surface area contributed by atoms with Crippen molar-refractivity contribution >= 4 is 21.8 Å². The van der Waals surface area contributed by atoms with Gasteiger partial charge in [0.25, 0.3) is 10.0 Å². The number of amidine groups is 1. The van der Waals surface area contributed by atoms with E-state index in [1.807, 2.05) is 13.8 Å². The third-order valence-electron chi connectivity index (χ3n) is 4.98. The molecule has 3 rings (SSSR count). The molecule has 2 atom stereocenters. The van der Waals surface area contributed by atoms with Gasteiger partial charge in [0.15, 0.2) is 0 Å². The van der Waals surface area contributed by atoms with E-state index >= 15 is 0 Å². The molecule has 8 heteroatoms. The average Bonchev–Trinajstić information content (AvgIpc) is 3.01. The normalized spacial score (nSPS) is 17.4. The second-order valence-corrected chi connectivity index (χ2v) is 8.85. The van der Waals surface area contributed by atoms with Crippen molar-refractivity contribution in [2.24, 2.45) is 4.99 Å². The van der Waals surface area contributed by atoms with Crippen LogP contribution in [0.2, 0.25) is 0 Å². The summed E-state index contributed by atoms with van der Waals surface area (Å²) < 4.78 is 27.1. The van der Waals surface area contributed by atoms with Crippen LogP contribution < -0.4 is 10.0 Å². The quantitative estimate of drug-likeness (QED) is 0.711. The van der Waals surface area contributed by atoms with Gasteiger partial charge >= 0.3 is 0 Å². The highest BCUT2D eigenvalue weighted by Crippen LogP contribution is 2.23. The monoisotopic (exact) mass is 424 g/mol. The zero-order valence-electron chi connectivity index (χ0n) is 16.9. The average molecular weight is 425 g/mol. The molecule has 0 spiro atoms. The molecule has 0 bridgehead atoms. The third kappa shape index (κ3) is 4.69. The Kier molecular flexibility index (Phi) is 6.53. The first kappa shape index (κ1) is 21.5. The summed E-state index contributed by atoms with van der Waals surface area (Å²) in [6.07, 6.45) is 2.19. The molecule has 1 amide bonds. The first-order valence-electron chi connectivity index (χ1n) is 9.86. The second-order valence-electron chi connectivity index (χ2n) is 7.20. The zero-order valence-corrected chi connectivity index (χ0v) is 17.7. The van der Waals surface area contributed by atoms with Crippen LogP contribution in [-0.2, 0) is 14.8 Å². The van der Waals surface area contributed by atoms with Crippen molar-refractivity contribution in [1.29, 1.82) is 5.26 Å². The van der Waals surface area contributed by atoms with Gasteiger partial charge in [-0.15, -0.1) is 0 Å². The minimum absolute atomic E-state index is 0.171. The van der Waals surface area contributed by atoms with Crippen molar-refractivity contribution in [2.75, 3.05) is 0 Å². The number of fused-ring (bicyclic) bond motifs is 1. The molecule has 1 heterocycles. The molecule has 1 aliphatic heterocycles. The van der Waals surface area contributed by atoms with Crippen molar-refractivity contribution in [2.45, 2.75) is 50.1 Å². The van der Waals surface area contributed by atoms with Gasteiger partial charge in [-0.25, -0.2) is 8.42 Å². The van der Waals surface area contributed by atoms with E-state index in [4.69, 9.17) is 5.26 Å². The van der Waals surface area contributed by atoms with E-state index in [2.05, 4.69) is 21.1 Å². The molecule has 30 heavy (non-hydrogen) atoms. The van der Waals surface area contributed by atoms with E-state index in [1.54, 1.807) is 42.5 Å². The number of nitrogens with one attached hydrogen (secondary N) is 2. The molecule has 2 aromatic carbocycles. The maximum absolute atomic E-state index is 13.0. The Hall–Kier alpha value is -3.18. The van der Waals surface area contributed by atoms with Crippen LogP contribution >= 0.6 is 0 Å². The Morgan fingerprint density at radius 1 is 1.20 bits per heavy atom. The van der Waals surface area contributed by atoms with E-state index in [9.17, 15) is 13.2 Å². The predicted octanol–water partition coefficient (Wildman–Crippen LogP) is 3.03. The summed E-state index contributed by atoms with van der Waals surface area (Å²) in [4.78, 5) is 17.6. The summed E-state index contributed by atoms with van der Waals surface area (Å²) in [5, 5.41) is 11.9. The molecule has 2 unspecified atom stereocenters. The van der Waals surface area contributed by atoms with Crippen LogP contribution in [0.25, 0.3) is 0 Å². The summed E-state index contributed by atoms with van der Waals surface area (Å²) in [5.74, 6) is -0.0655. The van der Waals surface area contributed by atoms with Crippen molar-refractivity contribution in [3.05, 3.63) is 65.2 Å². The lowest BCUT2D eigenvalue weighted by Gasteiger charge is -2.19. The Morgan fingerprint density at radius 2 is 1.90 bits per heavy atom. The van der Waals surface area contributed by atoms with Crippen LogP contribution in [0, 0.1) is 11.3 Å². The molecule has 1 aliphatic rings. The Labute approximate surface area is 176 Å². The molecule has 0 saturated heterocycles. The fourth-order valence-electron chi connectivity index (χ4n) is 3.28. The van der Waals surface area contributed by atoms with E-state index in [1.165, 1.54) is 6.07 Å². The minimum Gasteiger partial charge on any atom is -0.348 e. The van der Waals surface area contributed by atoms with Crippen molar-refractivity contribution in [3.8, 4) is 6.07 Å². The van der Waals surface area contributed by atoms with Gasteiger partial charge in [0.1, 0.15) is 11.9 Å². The summed E-state index contributed by atoms with van der Waals surface area (Å²) in [6.45, 7) is 3.88. The molecule has 0 aromatic heterocycles. The van der Waals surface area contributed by atoms with Crippen LogP contribution in [0.4, 0.5) is 0 Å². The summed E-state index contributed by atoms with van der Waals surface area (Å²) in [6, 6.07) is 14.7. The van der Waals surface area contributed by atoms with Crippen molar-refractivity contribution in [3.63, 3.8) is 0 Å². The number of carbonyl (C=O) groups excluding carboxylic acids is 1. The van der Waals surface area contributed by atoms with Gasteiger partial charge in [0.2, 0.25) is 5.91 Å². The third-order valence-corrected chi connectivity index (χ3v) is 6.38. The fraction of sp³-hybridized carbons (Fsp3) is 0.318. The van der Waals surface area contributed by atoms with Crippen LogP contribution in [0.1, 0.15) is 55.8 Å². The standard InChI is InChI=1S/C22H24N4O3S/c1-3-4-8-19(22(27)24-15(2)17-12-10-16(14-23)11-13-17)25-21-18-7-5-6-9-20(18)30(28,29)26-21/h5-7,9-13,15,19H,3-4,8H2,1-2H3,(H,24,27)(H,25,26). The molecule has 2 N–H and O–H groups in total. The van der Waals surface area contributed by atoms with Gasteiger partial charge < -0.3 is 5.32 Å². The van der Waals surface area contributed by atoms with Gasteiger partial charge in [-0.3, -0.25) is 14.5 Å². The lowest BCUT2D eigenvalue weighted by molar-refractivity contribution is -0.123. The highest BCUT2D eigenvalue weighted by Gasteiger charge is 2.32. The Morgan fingerprint density at radius 3 is 2.57 bits per heavy atom. The topological polar surface area (TPSA) is 111 Å². The molecule has 156 valence electrons. The number of amides is 1. The van der Waals surface area contributed by atoms with Crippen LogP contribution in [0.5, 0.6) is 0 Å². The van der Waals surface area contributed by atoms with Gasteiger partial charge in [-0.05, 0) is 43.2 Å².